The van der Waals surface area contributed by atoms with Crippen LogP contribution in [0.25, 0.3) is 0 Å². The molecule has 0 aliphatic heterocycles. The van der Waals surface area contributed by atoms with Crippen LogP contribution in [0.3, 0.4) is 0 Å². The molecule has 0 aliphatic rings. The number of aliphatic hydroxyl groups excluding tert-OH is 2. The van der Waals surface area contributed by atoms with E-state index in [4.69, 9.17) is 0 Å². The first-order chi connectivity index (χ1) is 16.6. The number of carbonyl (C=O) groups is 1. The van der Waals surface area contributed by atoms with Crippen LogP contribution in [0.15, 0.2) is 0 Å². The van der Waals surface area contributed by atoms with E-state index >= 15 is 0 Å². The molecule has 1 amide bonds. The SMILES string of the molecule is CCCCCCCCCCCCCCCCCCNC(=O)CCC(O)C(O)CCCCCCC. The van der Waals surface area contributed by atoms with E-state index in [1.165, 1.54) is 116 Å². The molecule has 204 valence electrons. The molecule has 0 bridgehead atoms. The second-order valence-electron chi connectivity index (χ2n) is 10.5. The molecule has 0 saturated carbocycles. The van der Waals surface area contributed by atoms with Gasteiger partial charge in [0, 0.05) is 13.0 Å². The van der Waals surface area contributed by atoms with E-state index in [0.717, 1.165) is 25.8 Å². The van der Waals surface area contributed by atoms with Crippen molar-refractivity contribution in [1.29, 1.82) is 0 Å². The summed E-state index contributed by atoms with van der Waals surface area (Å²) in [4.78, 5) is 12.0. The number of amides is 1. The third-order valence-corrected chi connectivity index (χ3v) is 7.07. The summed E-state index contributed by atoms with van der Waals surface area (Å²) in [5.41, 5.74) is 0. The van der Waals surface area contributed by atoms with Gasteiger partial charge in [-0.1, -0.05) is 142 Å². The molecule has 34 heavy (non-hydrogen) atoms. The molecule has 4 heteroatoms. The van der Waals surface area contributed by atoms with Gasteiger partial charge in [0.2, 0.25) is 5.91 Å². The van der Waals surface area contributed by atoms with Gasteiger partial charge in [0.1, 0.15) is 0 Å². The normalized spacial score (nSPS) is 13.2. The van der Waals surface area contributed by atoms with Crippen molar-refractivity contribution in [3.8, 4) is 0 Å². The molecule has 0 saturated heterocycles. The number of hydrogen-bond donors (Lipinski definition) is 3. The van der Waals surface area contributed by atoms with Crippen LogP contribution in [0.1, 0.15) is 168 Å². The van der Waals surface area contributed by atoms with E-state index in [1.54, 1.807) is 0 Å². The quantitative estimate of drug-likeness (QED) is 0.103. The van der Waals surface area contributed by atoms with Crippen LogP contribution in [-0.4, -0.2) is 34.9 Å². The number of rotatable bonds is 27. The predicted octanol–water partition coefficient (Wildman–Crippen LogP) is 8.23. The Morgan fingerprint density at radius 2 is 0.882 bits per heavy atom. The van der Waals surface area contributed by atoms with E-state index in [-0.39, 0.29) is 5.91 Å². The zero-order valence-corrected chi connectivity index (χ0v) is 23.1. The number of carbonyl (C=O) groups excluding carboxylic acids is 1. The average Bonchev–Trinajstić information content (AvgIpc) is 2.84. The van der Waals surface area contributed by atoms with E-state index < -0.39 is 12.2 Å². The zero-order chi connectivity index (χ0) is 25.1. The minimum Gasteiger partial charge on any atom is -0.390 e. The molecule has 0 aromatic heterocycles. The molecule has 0 spiro atoms. The summed E-state index contributed by atoms with van der Waals surface area (Å²) in [6.45, 7) is 5.19. The Kier molecular flexibility index (Phi) is 26.5. The molecule has 4 nitrogen and oxygen atoms in total. The lowest BCUT2D eigenvalue weighted by atomic mass is 10.0. The third-order valence-electron chi connectivity index (χ3n) is 7.07. The van der Waals surface area contributed by atoms with Crippen LogP contribution in [0.5, 0.6) is 0 Å². The summed E-state index contributed by atoms with van der Waals surface area (Å²) >= 11 is 0. The van der Waals surface area contributed by atoms with Gasteiger partial charge in [0.05, 0.1) is 12.2 Å². The van der Waals surface area contributed by atoms with Crippen LogP contribution in [0.2, 0.25) is 0 Å². The van der Waals surface area contributed by atoms with Gasteiger partial charge in [0.15, 0.2) is 0 Å². The van der Waals surface area contributed by atoms with E-state index in [0.29, 0.717) is 19.3 Å². The average molecular weight is 484 g/mol. The van der Waals surface area contributed by atoms with Gasteiger partial charge in [-0.05, 0) is 19.3 Å². The maximum atomic E-state index is 12.0. The maximum absolute atomic E-state index is 12.0. The Morgan fingerprint density at radius 3 is 1.32 bits per heavy atom. The summed E-state index contributed by atoms with van der Waals surface area (Å²) in [5.74, 6) is -0.00449. The molecule has 0 aromatic carbocycles. The Bertz CT molecular complexity index is 416. The minimum atomic E-state index is -0.785. The molecule has 0 aromatic rings. The van der Waals surface area contributed by atoms with Crippen LogP contribution in [0, 0.1) is 0 Å². The second kappa shape index (κ2) is 27.0. The van der Waals surface area contributed by atoms with Crippen molar-refractivity contribution >= 4 is 5.91 Å². The molecule has 0 heterocycles. The fourth-order valence-corrected chi connectivity index (χ4v) is 4.61. The number of hydrogen-bond acceptors (Lipinski definition) is 3. The molecular formula is C30H61NO3. The van der Waals surface area contributed by atoms with E-state index in [9.17, 15) is 15.0 Å². The van der Waals surface area contributed by atoms with E-state index in [2.05, 4.69) is 19.2 Å². The van der Waals surface area contributed by atoms with Gasteiger partial charge >= 0.3 is 0 Å². The van der Waals surface area contributed by atoms with Crippen molar-refractivity contribution in [3.05, 3.63) is 0 Å². The van der Waals surface area contributed by atoms with Crippen molar-refractivity contribution in [1.82, 2.24) is 5.32 Å². The topological polar surface area (TPSA) is 69.6 Å². The van der Waals surface area contributed by atoms with Gasteiger partial charge in [0.25, 0.3) is 0 Å². The van der Waals surface area contributed by atoms with E-state index in [1.807, 2.05) is 0 Å². The van der Waals surface area contributed by atoms with Crippen LogP contribution in [0.4, 0.5) is 0 Å². The van der Waals surface area contributed by atoms with Crippen molar-refractivity contribution in [2.45, 2.75) is 180 Å². The predicted molar refractivity (Wildman–Crippen MR) is 147 cm³/mol. The Hall–Kier alpha value is -0.610. The number of aliphatic hydroxyl groups is 2. The third kappa shape index (κ3) is 24.5. The molecule has 2 unspecified atom stereocenters. The van der Waals surface area contributed by atoms with Crippen molar-refractivity contribution < 1.29 is 15.0 Å². The minimum absolute atomic E-state index is 0.00449. The molecule has 3 N–H and O–H groups in total. The van der Waals surface area contributed by atoms with Gasteiger partial charge in [-0.25, -0.2) is 0 Å². The Labute approximate surface area is 213 Å². The first-order valence-electron chi connectivity index (χ1n) is 15.2. The highest BCUT2D eigenvalue weighted by Crippen LogP contribution is 2.14. The van der Waals surface area contributed by atoms with Crippen molar-refractivity contribution in [3.63, 3.8) is 0 Å². The smallest absolute Gasteiger partial charge is 0.220 e. The summed E-state index contributed by atoms with van der Waals surface area (Å²) in [5, 5.41) is 23.1. The number of nitrogens with one attached hydrogen (secondary N) is 1. The molecular weight excluding hydrogens is 422 g/mol. The monoisotopic (exact) mass is 483 g/mol. The highest BCUT2D eigenvalue weighted by molar-refractivity contribution is 5.75. The standard InChI is InChI=1S/C30H61NO3/c1-3-5-7-9-10-11-12-13-14-15-16-17-18-19-21-23-27-31-30(34)26-25-29(33)28(32)24-22-20-8-6-4-2/h28-29,32-33H,3-27H2,1-2H3,(H,31,34). The highest BCUT2D eigenvalue weighted by atomic mass is 16.3. The van der Waals surface area contributed by atoms with Gasteiger partial charge in [-0.3, -0.25) is 4.79 Å². The summed E-state index contributed by atoms with van der Waals surface area (Å²) in [7, 11) is 0. The lowest BCUT2D eigenvalue weighted by molar-refractivity contribution is -0.122. The van der Waals surface area contributed by atoms with Crippen LogP contribution >= 0.6 is 0 Å². The van der Waals surface area contributed by atoms with Gasteiger partial charge < -0.3 is 15.5 Å². The Morgan fingerprint density at radius 1 is 0.529 bits per heavy atom. The van der Waals surface area contributed by atoms with Crippen molar-refractivity contribution in [2.75, 3.05) is 6.54 Å². The lowest BCUT2D eigenvalue weighted by Gasteiger charge is -2.17. The largest absolute Gasteiger partial charge is 0.390 e. The van der Waals surface area contributed by atoms with Crippen LogP contribution < -0.4 is 5.32 Å². The number of unbranched alkanes of at least 4 members (excludes halogenated alkanes) is 19. The molecule has 0 rings (SSSR count). The molecule has 0 fully saturated rings. The zero-order valence-electron chi connectivity index (χ0n) is 23.1. The van der Waals surface area contributed by atoms with Gasteiger partial charge in [-0.15, -0.1) is 0 Å². The fraction of sp³-hybridized carbons (Fsp3) is 0.967. The first-order valence-corrected chi connectivity index (χ1v) is 15.2. The molecule has 2 atom stereocenters. The van der Waals surface area contributed by atoms with Crippen LogP contribution in [-0.2, 0) is 4.79 Å². The summed E-state index contributed by atoms with van der Waals surface area (Å²) in [6, 6.07) is 0. The lowest BCUT2D eigenvalue weighted by Crippen LogP contribution is -2.30. The maximum Gasteiger partial charge on any atom is 0.220 e. The molecule has 0 radical (unpaired) electrons. The summed E-state index contributed by atoms with van der Waals surface area (Å²) < 4.78 is 0. The fourth-order valence-electron chi connectivity index (χ4n) is 4.61. The Balaban J connectivity index is 3.34. The van der Waals surface area contributed by atoms with Gasteiger partial charge in [-0.2, -0.15) is 0 Å². The first kappa shape index (κ1) is 33.4. The second-order valence-corrected chi connectivity index (χ2v) is 10.5. The molecule has 0 aliphatic carbocycles. The van der Waals surface area contributed by atoms with Crippen molar-refractivity contribution in [2.24, 2.45) is 0 Å². The summed E-state index contributed by atoms with van der Waals surface area (Å²) in [6.07, 6.45) is 27.1. The highest BCUT2D eigenvalue weighted by Gasteiger charge is 2.17.